The van der Waals surface area contributed by atoms with Gasteiger partial charge in [0.2, 0.25) is 0 Å². The van der Waals surface area contributed by atoms with Crippen molar-refractivity contribution in [1.82, 2.24) is 9.66 Å². The third-order valence-electron chi connectivity index (χ3n) is 6.91. The lowest BCUT2D eigenvalue weighted by atomic mass is 9.88. The first kappa shape index (κ1) is 26.6. The van der Waals surface area contributed by atoms with Crippen LogP contribution in [-0.2, 0) is 6.61 Å². The summed E-state index contributed by atoms with van der Waals surface area (Å²) in [5, 5.41) is 14.4. The summed E-state index contributed by atoms with van der Waals surface area (Å²) in [5.41, 5.74) is 2.11. The summed E-state index contributed by atoms with van der Waals surface area (Å²) in [7, 11) is 1.54. The Morgan fingerprint density at radius 1 is 1.10 bits per heavy atom. The van der Waals surface area contributed by atoms with E-state index in [1.165, 1.54) is 17.2 Å². The number of aromatic carboxylic acids is 1. The van der Waals surface area contributed by atoms with E-state index in [-0.39, 0.29) is 23.6 Å². The number of fused-ring (bicyclic) bond motifs is 1. The fraction of sp³-hybridized carbons (Fsp3) is 0.267. The molecule has 1 fully saturated rings. The smallest absolute Gasteiger partial charge is 0.335 e. The Balaban J connectivity index is 1.46. The molecule has 200 valence electrons. The summed E-state index contributed by atoms with van der Waals surface area (Å²) in [5.74, 6) is 0.844. The second-order valence-electron chi connectivity index (χ2n) is 9.50. The van der Waals surface area contributed by atoms with Crippen molar-refractivity contribution in [2.24, 2.45) is 5.10 Å². The Morgan fingerprint density at radius 3 is 2.67 bits per heavy atom. The SMILES string of the molecule is COc1cc(C=Nn2c(C3CCCCC3)nc3ccccc3c2=O)c(Br)cc1OCc1cccc(C(=O)O)c1. The monoisotopic (exact) mass is 589 g/mol. The highest BCUT2D eigenvalue weighted by Crippen LogP contribution is 2.34. The molecule has 0 radical (unpaired) electrons. The fourth-order valence-electron chi connectivity index (χ4n) is 4.87. The highest BCUT2D eigenvalue weighted by Gasteiger charge is 2.22. The molecule has 39 heavy (non-hydrogen) atoms. The number of carboxylic acids is 1. The number of halogens is 1. The number of rotatable bonds is 8. The lowest BCUT2D eigenvalue weighted by Crippen LogP contribution is -2.25. The van der Waals surface area contributed by atoms with Crippen LogP contribution >= 0.6 is 15.9 Å². The van der Waals surface area contributed by atoms with Crippen LogP contribution in [0.15, 0.2) is 75.0 Å². The zero-order chi connectivity index (χ0) is 27.4. The van der Waals surface area contributed by atoms with Gasteiger partial charge in [0.05, 0.1) is 29.8 Å². The predicted octanol–water partition coefficient (Wildman–Crippen LogP) is 6.37. The van der Waals surface area contributed by atoms with Crippen LogP contribution in [0.25, 0.3) is 10.9 Å². The van der Waals surface area contributed by atoms with E-state index in [2.05, 4.69) is 21.0 Å². The quantitative estimate of drug-likeness (QED) is 0.239. The number of para-hydroxylation sites is 1. The van der Waals surface area contributed by atoms with Crippen molar-refractivity contribution in [3.8, 4) is 11.5 Å². The minimum absolute atomic E-state index is 0.167. The van der Waals surface area contributed by atoms with Gasteiger partial charge in [-0.1, -0.05) is 43.5 Å². The van der Waals surface area contributed by atoms with Crippen molar-refractivity contribution in [3.05, 3.63) is 98.0 Å². The third-order valence-corrected chi connectivity index (χ3v) is 7.60. The van der Waals surface area contributed by atoms with Crippen molar-refractivity contribution in [3.63, 3.8) is 0 Å². The van der Waals surface area contributed by atoms with E-state index in [0.717, 1.165) is 31.2 Å². The van der Waals surface area contributed by atoms with E-state index in [0.29, 0.717) is 38.3 Å². The van der Waals surface area contributed by atoms with Crippen LogP contribution in [0.1, 0.15) is 65.3 Å². The van der Waals surface area contributed by atoms with E-state index in [1.807, 2.05) is 18.2 Å². The highest BCUT2D eigenvalue weighted by molar-refractivity contribution is 9.10. The first-order chi connectivity index (χ1) is 18.9. The molecule has 9 heteroatoms. The summed E-state index contributed by atoms with van der Waals surface area (Å²) in [4.78, 5) is 29.6. The first-order valence-electron chi connectivity index (χ1n) is 12.8. The number of nitrogens with zero attached hydrogens (tertiary/aromatic N) is 3. The van der Waals surface area contributed by atoms with Gasteiger partial charge < -0.3 is 14.6 Å². The number of hydrogen-bond acceptors (Lipinski definition) is 6. The predicted molar refractivity (Wildman–Crippen MR) is 153 cm³/mol. The molecule has 0 bridgehead atoms. The Hall–Kier alpha value is -3.98. The van der Waals surface area contributed by atoms with Gasteiger partial charge >= 0.3 is 5.97 Å². The Labute approximate surface area is 234 Å². The van der Waals surface area contributed by atoms with Gasteiger partial charge in [0.15, 0.2) is 11.5 Å². The van der Waals surface area contributed by atoms with E-state index >= 15 is 0 Å². The molecule has 8 nitrogen and oxygen atoms in total. The van der Waals surface area contributed by atoms with E-state index in [9.17, 15) is 14.7 Å². The van der Waals surface area contributed by atoms with Crippen molar-refractivity contribution in [2.45, 2.75) is 44.6 Å². The maximum Gasteiger partial charge on any atom is 0.335 e. The van der Waals surface area contributed by atoms with Crippen LogP contribution in [0, 0.1) is 0 Å². The molecule has 1 aliphatic carbocycles. The van der Waals surface area contributed by atoms with Crippen molar-refractivity contribution in [2.75, 3.05) is 7.11 Å². The number of aromatic nitrogens is 2. The molecular formula is C30H28BrN3O5. The molecule has 0 saturated heterocycles. The van der Waals surface area contributed by atoms with Crippen LogP contribution in [-0.4, -0.2) is 34.1 Å². The average Bonchev–Trinajstić information content (AvgIpc) is 2.96. The van der Waals surface area contributed by atoms with Gasteiger partial charge in [0.1, 0.15) is 12.4 Å². The molecule has 4 aromatic rings. The van der Waals surface area contributed by atoms with Gasteiger partial charge in [-0.15, -0.1) is 0 Å². The summed E-state index contributed by atoms with van der Waals surface area (Å²) in [6, 6.07) is 17.5. The average molecular weight is 590 g/mol. The van der Waals surface area contributed by atoms with E-state index < -0.39 is 5.97 Å². The number of methoxy groups -OCH3 is 1. The normalized spacial score (nSPS) is 14.1. The number of carbonyl (C=O) groups is 1. The largest absolute Gasteiger partial charge is 0.493 e. The van der Waals surface area contributed by atoms with Crippen LogP contribution in [0.2, 0.25) is 0 Å². The highest BCUT2D eigenvalue weighted by atomic mass is 79.9. The number of benzene rings is 3. The fourth-order valence-corrected chi connectivity index (χ4v) is 5.30. The van der Waals surface area contributed by atoms with Crippen LogP contribution in [0.3, 0.4) is 0 Å². The van der Waals surface area contributed by atoms with E-state index in [4.69, 9.17) is 14.5 Å². The summed E-state index contributed by atoms with van der Waals surface area (Å²) < 4.78 is 13.7. The topological polar surface area (TPSA) is 103 Å². The second-order valence-corrected chi connectivity index (χ2v) is 10.4. The molecule has 0 atom stereocenters. The Kier molecular flexibility index (Phi) is 8.07. The zero-order valence-corrected chi connectivity index (χ0v) is 23.1. The lowest BCUT2D eigenvalue weighted by molar-refractivity contribution is 0.0696. The number of carboxylic acid groups (broad SMARTS) is 1. The van der Waals surface area contributed by atoms with Crippen LogP contribution in [0.4, 0.5) is 0 Å². The summed E-state index contributed by atoms with van der Waals surface area (Å²) in [6.45, 7) is 0.167. The maximum atomic E-state index is 13.5. The maximum absolute atomic E-state index is 13.5. The summed E-state index contributed by atoms with van der Waals surface area (Å²) in [6.07, 6.45) is 7.02. The lowest BCUT2D eigenvalue weighted by Gasteiger charge is -2.22. The van der Waals surface area contributed by atoms with Gasteiger partial charge in [-0.25, -0.2) is 9.78 Å². The number of hydrogen-bond donors (Lipinski definition) is 1. The standard InChI is InChI=1S/C30H28BrN3O5/c1-38-26-15-22(24(31)16-27(26)39-18-19-8-7-11-21(14-19)30(36)37)17-32-34-28(20-9-3-2-4-10-20)33-25-13-6-5-12-23(25)29(34)35/h5-8,11-17,20H,2-4,9-10,18H2,1H3,(H,36,37). The molecule has 5 rings (SSSR count). The molecule has 0 aliphatic heterocycles. The molecule has 1 aromatic heterocycles. The zero-order valence-electron chi connectivity index (χ0n) is 21.5. The number of ether oxygens (including phenoxy) is 2. The second kappa shape index (κ2) is 11.8. The molecule has 0 unspecified atom stereocenters. The van der Waals surface area contributed by atoms with Gasteiger partial charge in [-0.2, -0.15) is 9.78 Å². The molecular weight excluding hydrogens is 562 g/mol. The van der Waals surface area contributed by atoms with Gasteiger partial charge in [0, 0.05) is 16.0 Å². The van der Waals surface area contributed by atoms with Gasteiger partial charge in [-0.05, 0) is 70.7 Å². The third kappa shape index (κ3) is 5.88. The van der Waals surface area contributed by atoms with Crippen LogP contribution < -0.4 is 15.0 Å². The van der Waals surface area contributed by atoms with Crippen molar-refractivity contribution >= 4 is 39.0 Å². The van der Waals surface area contributed by atoms with Crippen molar-refractivity contribution in [1.29, 1.82) is 0 Å². The molecule has 0 spiro atoms. The van der Waals surface area contributed by atoms with Gasteiger partial charge in [0.25, 0.3) is 5.56 Å². The minimum Gasteiger partial charge on any atom is -0.493 e. The van der Waals surface area contributed by atoms with Crippen LogP contribution in [0.5, 0.6) is 11.5 Å². The minimum atomic E-state index is -0.992. The Morgan fingerprint density at radius 2 is 1.90 bits per heavy atom. The molecule has 3 aromatic carbocycles. The first-order valence-corrected chi connectivity index (χ1v) is 13.6. The molecule has 1 aliphatic rings. The molecule has 1 N–H and O–H groups in total. The summed E-state index contributed by atoms with van der Waals surface area (Å²) >= 11 is 3.59. The Bertz CT molecular complexity index is 1610. The molecule has 0 amide bonds. The molecule has 1 heterocycles. The molecule has 1 saturated carbocycles. The van der Waals surface area contributed by atoms with Gasteiger partial charge in [-0.3, -0.25) is 4.79 Å². The van der Waals surface area contributed by atoms with E-state index in [1.54, 1.807) is 49.7 Å². The van der Waals surface area contributed by atoms with Crippen molar-refractivity contribution < 1.29 is 19.4 Å².